The van der Waals surface area contributed by atoms with Crippen molar-refractivity contribution >= 4 is 34.0 Å². The van der Waals surface area contributed by atoms with E-state index in [1.807, 2.05) is 37.3 Å². The van der Waals surface area contributed by atoms with Crippen LogP contribution in [0, 0.1) is 0 Å². The summed E-state index contributed by atoms with van der Waals surface area (Å²) < 4.78 is 1.34. The number of amides is 1. The van der Waals surface area contributed by atoms with Crippen molar-refractivity contribution in [3.8, 4) is 0 Å². The molecule has 0 aliphatic rings. The number of nitrogens with zero attached hydrogens (tertiary/aromatic N) is 3. The van der Waals surface area contributed by atoms with Crippen LogP contribution in [-0.2, 0) is 23.5 Å². The first-order chi connectivity index (χ1) is 12.2. The van der Waals surface area contributed by atoms with E-state index in [0.29, 0.717) is 28.7 Å². The van der Waals surface area contributed by atoms with E-state index in [2.05, 4.69) is 15.4 Å². The van der Waals surface area contributed by atoms with Gasteiger partial charge < -0.3 is 5.32 Å². The number of aryl methyl sites for hydroxylation is 1. The number of hydrogen-bond donors (Lipinski definition) is 1. The Morgan fingerprint density at radius 2 is 2.12 bits per heavy atom. The Morgan fingerprint density at radius 1 is 1.32 bits per heavy atom. The van der Waals surface area contributed by atoms with Crippen molar-refractivity contribution in [1.82, 2.24) is 19.9 Å². The van der Waals surface area contributed by atoms with Crippen molar-refractivity contribution in [3.05, 3.63) is 63.0 Å². The van der Waals surface area contributed by atoms with Gasteiger partial charge in [0.2, 0.25) is 10.9 Å². The lowest BCUT2D eigenvalue weighted by Gasteiger charge is -2.05. The van der Waals surface area contributed by atoms with Crippen LogP contribution in [0.25, 0.3) is 4.96 Å². The minimum atomic E-state index is -0.176. The van der Waals surface area contributed by atoms with Crippen LogP contribution in [0.3, 0.4) is 0 Å². The summed E-state index contributed by atoms with van der Waals surface area (Å²) in [6.45, 7) is 2.51. The SMILES string of the molecule is CCc1nn2c(=O)cc(CSCC(=O)NCc3ccccc3)nc2s1. The molecule has 0 spiro atoms. The van der Waals surface area contributed by atoms with Crippen LogP contribution in [0.4, 0.5) is 0 Å². The summed E-state index contributed by atoms with van der Waals surface area (Å²) in [5.41, 5.74) is 1.57. The molecule has 25 heavy (non-hydrogen) atoms. The lowest BCUT2D eigenvalue weighted by Crippen LogP contribution is -2.24. The van der Waals surface area contributed by atoms with E-state index < -0.39 is 0 Å². The predicted octanol–water partition coefficient (Wildman–Crippen LogP) is 2.26. The summed E-state index contributed by atoms with van der Waals surface area (Å²) in [6.07, 6.45) is 0.777. The van der Waals surface area contributed by atoms with E-state index in [1.165, 1.54) is 33.7 Å². The molecule has 0 bridgehead atoms. The molecule has 0 fully saturated rings. The minimum Gasteiger partial charge on any atom is -0.351 e. The van der Waals surface area contributed by atoms with Crippen molar-refractivity contribution in [1.29, 1.82) is 0 Å². The fourth-order valence-corrected chi connectivity index (χ4v) is 3.81. The summed E-state index contributed by atoms with van der Waals surface area (Å²) in [4.78, 5) is 29.0. The summed E-state index contributed by atoms with van der Waals surface area (Å²) >= 11 is 2.86. The monoisotopic (exact) mass is 374 g/mol. The molecule has 6 nitrogen and oxygen atoms in total. The van der Waals surface area contributed by atoms with Crippen molar-refractivity contribution < 1.29 is 4.79 Å². The van der Waals surface area contributed by atoms with Gasteiger partial charge in [0.1, 0.15) is 5.01 Å². The molecule has 2 aromatic heterocycles. The smallest absolute Gasteiger partial charge is 0.275 e. The van der Waals surface area contributed by atoms with Gasteiger partial charge in [-0.3, -0.25) is 9.59 Å². The van der Waals surface area contributed by atoms with Gasteiger partial charge in [-0.05, 0) is 12.0 Å². The number of carbonyl (C=O) groups is 1. The standard InChI is InChI=1S/C17H18N4O2S2/c1-2-15-20-21-16(23)8-13(19-17(21)25-15)10-24-11-14(22)18-9-12-6-4-3-5-7-12/h3-8H,2,9-11H2,1H3,(H,18,22). The van der Waals surface area contributed by atoms with Crippen LogP contribution in [0.15, 0.2) is 41.2 Å². The Bertz CT molecular complexity index is 921. The fraction of sp³-hybridized carbons (Fsp3) is 0.294. The molecule has 0 aliphatic carbocycles. The number of hydrogen-bond acceptors (Lipinski definition) is 6. The van der Waals surface area contributed by atoms with E-state index in [0.717, 1.165) is 17.0 Å². The number of nitrogens with one attached hydrogen (secondary N) is 1. The number of fused-ring (bicyclic) bond motifs is 1. The van der Waals surface area contributed by atoms with E-state index in [4.69, 9.17) is 0 Å². The van der Waals surface area contributed by atoms with E-state index >= 15 is 0 Å². The molecular weight excluding hydrogens is 356 g/mol. The first-order valence-electron chi connectivity index (χ1n) is 7.92. The molecule has 3 aromatic rings. The van der Waals surface area contributed by atoms with Crippen LogP contribution in [0.5, 0.6) is 0 Å². The zero-order valence-electron chi connectivity index (χ0n) is 13.8. The molecule has 1 amide bonds. The first kappa shape index (κ1) is 17.6. The Kier molecular flexibility index (Phi) is 5.83. The number of thioether (sulfide) groups is 1. The molecule has 0 unspecified atom stereocenters. The van der Waals surface area contributed by atoms with Gasteiger partial charge in [-0.2, -0.15) is 9.61 Å². The van der Waals surface area contributed by atoms with E-state index in [9.17, 15) is 9.59 Å². The highest BCUT2D eigenvalue weighted by atomic mass is 32.2. The first-order valence-corrected chi connectivity index (χ1v) is 9.90. The molecule has 0 saturated carbocycles. The van der Waals surface area contributed by atoms with Crippen molar-refractivity contribution in [3.63, 3.8) is 0 Å². The Hall–Kier alpha value is -2.19. The third kappa shape index (κ3) is 4.67. The minimum absolute atomic E-state index is 0.0299. The van der Waals surface area contributed by atoms with Crippen LogP contribution >= 0.6 is 23.1 Å². The molecule has 130 valence electrons. The lowest BCUT2D eigenvalue weighted by molar-refractivity contribution is -0.118. The molecule has 0 saturated heterocycles. The van der Waals surface area contributed by atoms with Gasteiger partial charge in [-0.25, -0.2) is 4.98 Å². The van der Waals surface area contributed by atoms with E-state index in [-0.39, 0.29) is 11.5 Å². The predicted molar refractivity (Wildman–Crippen MR) is 101 cm³/mol. The maximum absolute atomic E-state index is 12.1. The second-order valence-corrected chi connectivity index (χ2v) is 7.41. The average Bonchev–Trinajstić information content (AvgIpc) is 3.05. The van der Waals surface area contributed by atoms with Gasteiger partial charge in [0, 0.05) is 18.4 Å². The second kappa shape index (κ2) is 8.26. The molecule has 2 heterocycles. The highest BCUT2D eigenvalue weighted by molar-refractivity contribution is 7.99. The topological polar surface area (TPSA) is 76.4 Å². The average molecular weight is 374 g/mol. The number of rotatable bonds is 7. The van der Waals surface area contributed by atoms with E-state index in [1.54, 1.807) is 0 Å². The van der Waals surface area contributed by atoms with Gasteiger partial charge in [0.25, 0.3) is 5.56 Å². The number of benzene rings is 1. The Morgan fingerprint density at radius 3 is 2.88 bits per heavy atom. The van der Waals surface area contributed by atoms with Crippen LogP contribution in [0.2, 0.25) is 0 Å². The lowest BCUT2D eigenvalue weighted by atomic mass is 10.2. The Labute approximate surface area is 153 Å². The van der Waals surface area contributed by atoms with Gasteiger partial charge in [0.15, 0.2) is 0 Å². The summed E-state index contributed by atoms with van der Waals surface area (Å²) in [7, 11) is 0. The quantitative estimate of drug-likeness (QED) is 0.686. The van der Waals surface area contributed by atoms with Gasteiger partial charge in [0.05, 0.1) is 11.4 Å². The summed E-state index contributed by atoms with van der Waals surface area (Å²) in [6, 6.07) is 11.3. The molecular formula is C17H18N4O2S2. The Balaban J connectivity index is 1.52. The van der Waals surface area contributed by atoms with Crippen LogP contribution < -0.4 is 10.9 Å². The molecule has 0 radical (unpaired) electrons. The molecule has 1 N–H and O–H groups in total. The van der Waals surface area contributed by atoms with Crippen LogP contribution in [0.1, 0.15) is 23.2 Å². The normalized spacial score (nSPS) is 10.9. The third-order valence-electron chi connectivity index (χ3n) is 3.46. The van der Waals surface area contributed by atoms with Crippen molar-refractivity contribution in [2.24, 2.45) is 0 Å². The molecule has 1 aromatic carbocycles. The van der Waals surface area contributed by atoms with Crippen molar-refractivity contribution in [2.75, 3.05) is 5.75 Å². The molecule has 3 rings (SSSR count). The largest absolute Gasteiger partial charge is 0.351 e. The number of carbonyl (C=O) groups excluding carboxylic acids is 1. The molecule has 8 heteroatoms. The molecule has 0 atom stereocenters. The van der Waals surface area contributed by atoms with Crippen LogP contribution in [-0.4, -0.2) is 26.3 Å². The zero-order chi connectivity index (χ0) is 17.6. The number of aromatic nitrogens is 3. The third-order valence-corrected chi connectivity index (χ3v) is 5.48. The summed E-state index contributed by atoms with van der Waals surface area (Å²) in [5, 5.41) is 7.99. The fourth-order valence-electron chi connectivity index (χ4n) is 2.21. The van der Waals surface area contributed by atoms with Crippen molar-refractivity contribution in [2.45, 2.75) is 25.6 Å². The highest BCUT2D eigenvalue weighted by Gasteiger charge is 2.09. The van der Waals surface area contributed by atoms with Gasteiger partial charge in [-0.15, -0.1) is 11.8 Å². The van der Waals surface area contributed by atoms with Gasteiger partial charge >= 0.3 is 0 Å². The zero-order valence-corrected chi connectivity index (χ0v) is 15.4. The maximum atomic E-state index is 12.1. The van der Waals surface area contributed by atoms with Gasteiger partial charge in [-0.1, -0.05) is 48.6 Å². The molecule has 0 aliphatic heterocycles. The maximum Gasteiger partial charge on any atom is 0.275 e. The second-order valence-electron chi connectivity index (χ2n) is 5.38. The summed E-state index contributed by atoms with van der Waals surface area (Å²) in [5.74, 6) is 0.818. The highest BCUT2D eigenvalue weighted by Crippen LogP contribution is 2.14.